The van der Waals surface area contributed by atoms with Gasteiger partial charge >= 0.3 is 0 Å². The monoisotopic (exact) mass is 558 g/mol. The molecule has 3 heterocycles. The molecule has 2 aromatic heterocycles. The molecule has 7 nitrogen and oxygen atoms in total. The van der Waals surface area contributed by atoms with E-state index < -0.39 is 10.0 Å². The molecule has 0 unspecified atom stereocenters. The second-order valence-corrected chi connectivity index (χ2v) is 11.2. The molecule has 1 saturated heterocycles. The fraction of sp³-hybridized carbons (Fsp3) is 0.120. The summed E-state index contributed by atoms with van der Waals surface area (Å²) in [4.78, 5) is 6.47. The van der Waals surface area contributed by atoms with Gasteiger partial charge in [-0.25, -0.2) is 8.42 Å². The minimum Gasteiger partial charge on any atom is -0.459 e. The average molecular weight is 560 g/mol. The van der Waals surface area contributed by atoms with Crippen molar-refractivity contribution in [3.63, 3.8) is 0 Å². The van der Waals surface area contributed by atoms with Crippen LogP contribution in [0, 0.1) is 0 Å². The van der Waals surface area contributed by atoms with Crippen LogP contribution in [-0.2, 0) is 10.0 Å². The Balaban J connectivity index is 1.56. The SMILES string of the molecule is CS(=O)(=O)Nc1ccc(N2C(=S)N[C@@H](c3ccccn3)[C@@H]2c2ccc(-c3ccc(Cl)cc3Cl)o2)cc1. The molecule has 0 amide bonds. The zero-order valence-corrected chi connectivity index (χ0v) is 22.0. The number of halogens is 2. The predicted molar refractivity (Wildman–Crippen MR) is 147 cm³/mol. The number of nitrogens with one attached hydrogen (secondary N) is 2. The van der Waals surface area contributed by atoms with Gasteiger partial charge in [0.1, 0.15) is 17.6 Å². The zero-order chi connectivity index (χ0) is 25.4. The first-order chi connectivity index (χ1) is 17.2. The van der Waals surface area contributed by atoms with Crippen molar-refractivity contribution in [2.24, 2.45) is 0 Å². The van der Waals surface area contributed by atoms with Crippen LogP contribution >= 0.6 is 35.4 Å². The summed E-state index contributed by atoms with van der Waals surface area (Å²) in [5, 5.41) is 4.88. The fourth-order valence-corrected chi connectivity index (χ4v) is 5.58. The van der Waals surface area contributed by atoms with E-state index in [2.05, 4.69) is 15.0 Å². The van der Waals surface area contributed by atoms with Gasteiger partial charge in [0.15, 0.2) is 5.11 Å². The lowest BCUT2D eigenvalue weighted by Gasteiger charge is -2.26. The molecule has 2 N–H and O–H groups in total. The van der Waals surface area contributed by atoms with Gasteiger partial charge in [-0.05, 0) is 78.9 Å². The fourth-order valence-electron chi connectivity index (χ4n) is 4.17. The third kappa shape index (κ3) is 5.05. The molecule has 4 aromatic rings. The molecule has 0 radical (unpaired) electrons. The first-order valence-corrected chi connectivity index (χ1v) is 13.9. The van der Waals surface area contributed by atoms with E-state index in [1.54, 1.807) is 42.6 Å². The lowest BCUT2D eigenvalue weighted by atomic mass is 10.0. The van der Waals surface area contributed by atoms with Crippen LogP contribution in [0.3, 0.4) is 0 Å². The number of sulfonamides is 1. The lowest BCUT2D eigenvalue weighted by Crippen LogP contribution is -2.29. The van der Waals surface area contributed by atoms with Crippen LogP contribution in [-0.4, -0.2) is 24.8 Å². The van der Waals surface area contributed by atoms with Gasteiger partial charge in [-0.1, -0.05) is 29.3 Å². The van der Waals surface area contributed by atoms with E-state index in [4.69, 9.17) is 39.8 Å². The van der Waals surface area contributed by atoms with Gasteiger partial charge in [0, 0.05) is 28.2 Å². The van der Waals surface area contributed by atoms with E-state index in [-0.39, 0.29) is 12.1 Å². The Hall–Kier alpha value is -3.11. The molecular weight excluding hydrogens is 539 g/mol. The number of benzene rings is 2. The second-order valence-electron chi connectivity index (χ2n) is 8.24. The van der Waals surface area contributed by atoms with Crippen LogP contribution in [0.5, 0.6) is 0 Å². The van der Waals surface area contributed by atoms with Crippen LogP contribution in [0.4, 0.5) is 11.4 Å². The minimum atomic E-state index is -3.39. The Morgan fingerprint density at radius 3 is 2.50 bits per heavy atom. The Bertz CT molecular complexity index is 1530. The highest BCUT2D eigenvalue weighted by Crippen LogP contribution is 2.43. The molecule has 0 bridgehead atoms. The maximum atomic E-state index is 11.6. The van der Waals surface area contributed by atoms with Crippen molar-refractivity contribution in [2.45, 2.75) is 12.1 Å². The van der Waals surface area contributed by atoms with Crippen molar-refractivity contribution >= 4 is 61.9 Å². The van der Waals surface area contributed by atoms with Crippen LogP contribution in [0.1, 0.15) is 23.5 Å². The van der Waals surface area contributed by atoms with E-state index in [1.165, 1.54) is 0 Å². The number of pyridine rings is 1. The Morgan fingerprint density at radius 2 is 1.83 bits per heavy atom. The molecule has 184 valence electrons. The third-order valence-corrected chi connectivity index (χ3v) is 7.13. The van der Waals surface area contributed by atoms with Crippen LogP contribution < -0.4 is 14.9 Å². The summed E-state index contributed by atoms with van der Waals surface area (Å²) < 4.78 is 32.0. The van der Waals surface area contributed by atoms with Gasteiger partial charge < -0.3 is 14.6 Å². The summed E-state index contributed by atoms with van der Waals surface area (Å²) in [6.45, 7) is 0. The first-order valence-electron chi connectivity index (χ1n) is 10.8. The number of aromatic nitrogens is 1. The molecular formula is C25H20Cl2N4O3S2. The van der Waals surface area contributed by atoms with Crippen molar-refractivity contribution < 1.29 is 12.8 Å². The minimum absolute atomic E-state index is 0.299. The maximum absolute atomic E-state index is 11.6. The van der Waals surface area contributed by atoms with Crippen molar-refractivity contribution in [3.05, 3.63) is 100 Å². The highest BCUT2D eigenvalue weighted by Gasteiger charge is 2.42. The molecule has 0 saturated carbocycles. The molecule has 0 aliphatic carbocycles. The number of nitrogens with zero attached hydrogens (tertiary/aromatic N) is 2. The lowest BCUT2D eigenvalue weighted by molar-refractivity contribution is 0.439. The Kier molecular flexibility index (Phi) is 6.65. The smallest absolute Gasteiger partial charge is 0.229 e. The number of anilines is 2. The summed E-state index contributed by atoms with van der Waals surface area (Å²) >= 11 is 18.2. The second kappa shape index (κ2) is 9.74. The van der Waals surface area contributed by atoms with E-state index >= 15 is 0 Å². The summed E-state index contributed by atoms with van der Waals surface area (Å²) in [6.07, 6.45) is 2.84. The van der Waals surface area contributed by atoms with Crippen molar-refractivity contribution in [1.29, 1.82) is 0 Å². The van der Waals surface area contributed by atoms with Crippen LogP contribution in [0.2, 0.25) is 10.0 Å². The molecule has 1 fully saturated rings. The van der Waals surface area contributed by atoms with Gasteiger partial charge in [-0.3, -0.25) is 9.71 Å². The van der Waals surface area contributed by atoms with E-state index in [0.29, 0.717) is 32.4 Å². The zero-order valence-electron chi connectivity index (χ0n) is 18.9. The summed E-state index contributed by atoms with van der Waals surface area (Å²) in [5.74, 6) is 1.24. The van der Waals surface area contributed by atoms with Crippen molar-refractivity contribution in [3.8, 4) is 11.3 Å². The summed E-state index contributed by atoms with van der Waals surface area (Å²) in [7, 11) is -3.39. The normalized spacial score (nSPS) is 17.8. The average Bonchev–Trinajstić information content (AvgIpc) is 3.44. The third-order valence-electron chi connectivity index (χ3n) is 5.66. The molecule has 2 aromatic carbocycles. The predicted octanol–water partition coefficient (Wildman–Crippen LogP) is 6.20. The number of rotatable bonds is 6. The number of thiocarbonyl (C=S) groups is 1. The molecule has 1 aliphatic rings. The Labute approximate surface area is 224 Å². The topological polar surface area (TPSA) is 87.5 Å². The van der Waals surface area contributed by atoms with E-state index in [1.807, 2.05) is 41.3 Å². The van der Waals surface area contributed by atoms with Crippen LogP contribution in [0.15, 0.2) is 83.4 Å². The maximum Gasteiger partial charge on any atom is 0.229 e. The van der Waals surface area contributed by atoms with Gasteiger partial charge in [0.25, 0.3) is 0 Å². The van der Waals surface area contributed by atoms with Crippen molar-refractivity contribution in [1.82, 2.24) is 10.3 Å². The molecule has 36 heavy (non-hydrogen) atoms. The van der Waals surface area contributed by atoms with E-state index in [0.717, 1.165) is 23.2 Å². The van der Waals surface area contributed by atoms with Gasteiger partial charge in [0.05, 0.1) is 23.0 Å². The highest BCUT2D eigenvalue weighted by molar-refractivity contribution is 7.92. The van der Waals surface area contributed by atoms with E-state index in [9.17, 15) is 8.42 Å². The van der Waals surface area contributed by atoms with Crippen LogP contribution in [0.25, 0.3) is 11.3 Å². The number of hydrogen-bond acceptors (Lipinski definition) is 5. The summed E-state index contributed by atoms with van der Waals surface area (Å²) in [5.41, 5.74) is 2.73. The van der Waals surface area contributed by atoms with Gasteiger partial charge in [0.2, 0.25) is 10.0 Å². The molecule has 1 aliphatic heterocycles. The van der Waals surface area contributed by atoms with Crippen molar-refractivity contribution in [2.75, 3.05) is 15.9 Å². The molecule has 2 atom stereocenters. The molecule has 0 spiro atoms. The standard InChI is InChI=1S/C25H20Cl2N4O3S2/c1-36(32,33)30-16-6-8-17(9-7-16)31-24(23(29-25(31)35)20-4-2-3-13-28-20)22-12-11-21(34-22)18-10-5-15(26)14-19(18)27/h2-14,23-24,30H,1H3,(H,29,35)/t23-,24-/m0/s1. The van der Waals surface area contributed by atoms with Gasteiger partial charge in [-0.2, -0.15) is 0 Å². The quantitative estimate of drug-likeness (QED) is 0.272. The first kappa shape index (κ1) is 24.6. The summed E-state index contributed by atoms with van der Waals surface area (Å²) in [6, 6.07) is 21.0. The Morgan fingerprint density at radius 1 is 1.06 bits per heavy atom. The number of hydrogen-bond donors (Lipinski definition) is 2. The van der Waals surface area contributed by atoms with Gasteiger partial charge in [-0.15, -0.1) is 0 Å². The highest BCUT2D eigenvalue weighted by atomic mass is 35.5. The number of furan rings is 1. The largest absolute Gasteiger partial charge is 0.459 e. The molecule has 11 heteroatoms. The molecule has 5 rings (SSSR count).